The monoisotopic (exact) mass is 414 g/mol. The van der Waals surface area contributed by atoms with Crippen LogP contribution in [-0.4, -0.2) is 23.5 Å². The Morgan fingerprint density at radius 2 is 1.84 bits per heavy atom. The SMILES string of the molecule is CC(C)c1cccc(CC(=O)c2cccc(N3CCc4ccncc4C3)c2)c1.O=C=O. The van der Waals surface area contributed by atoms with E-state index in [1.54, 1.807) is 0 Å². The van der Waals surface area contributed by atoms with E-state index in [9.17, 15) is 4.79 Å². The first-order valence-electron chi connectivity index (χ1n) is 10.4. The molecule has 0 radical (unpaired) electrons. The van der Waals surface area contributed by atoms with Crippen molar-refractivity contribution in [2.24, 2.45) is 0 Å². The van der Waals surface area contributed by atoms with Crippen LogP contribution in [0.25, 0.3) is 0 Å². The van der Waals surface area contributed by atoms with Gasteiger partial charge in [0.15, 0.2) is 5.78 Å². The third-order valence-corrected chi connectivity index (χ3v) is 5.53. The molecule has 5 nitrogen and oxygen atoms in total. The first-order valence-corrected chi connectivity index (χ1v) is 10.4. The van der Waals surface area contributed by atoms with E-state index in [2.05, 4.69) is 48.0 Å². The summed E-state index contributed by atoms with van der Waals surface area (Å²) in [6, 6.07) is 18.5. The van der Waals surface area contributed by atoms with Gasteiger partial charge in [-0.2, -0.15) is 9.59 Å². The standard InChI is InChI=1S/C25H26N2O.CO2/c1-18(2)21-6-3-5-19(13-21)14-25(28)22-7-4-8-24(15-22)27-12-10-20-9-11-26-16-23(20)17-27;2-1-3/h3-9,11,13,15-16,18H,10,12,14,17H2,1-2H3;. The van der Waals surface area contributed by atoms with Gasteiger partial charge in [0.25, 0.3) is 0 Å². The van der Waals surface area contributed by atoms with Gasteiger partial charge < -0.3 is 4.90 Å². The highest BCUT2D eigenvalue weighted by atomic mass is 16.2. The van der Waals surface area contributed by atoms with Gasteiger partial charge in [-0.3, -0.25) is 9.78 Å². The maximum Gasteiger partial charge on any atom is 0.373 e. The number of ketones is 1. The highest BCUT2D eigenvalue weighted by Crippen LogP contribution is 2.25. The van der Waals surface area contributed by atoms with Crippen LogP contribution in [0.5, 0.6) is 0 Å². The summed E-state index contributed by atoms with van der Waals surface area (Å²) in [5, 5.41) is 0. The second-order valence-electron chi connectivity index (χ2n) is 7.95. The molecule has 1 aliphatic heterocycles. The molecule has 0 spiro atoms. The van der Waals surface area contributed by atoms with Crippen LogP contribution in [0, 0.1) is 0 Å². The summed E-state index contributed by atoms with van der Waals surface area (Å²) in [6.45, 7) is 6.16. The van der Waals surface area contributed by atoms with Crippen molar-refractivity contribution in [1.29, 1.82) is 0 Å². The van der Waals surface area contributed by atoms with E-state index in [-0.39, 0.29) is 11.9 Å². The lowest BCUT2D eigenvalue weighted by Crippen LogP contribution is -2.30. The van der Waals surface area contributed by atoms with Crippen LogP contribution in [0.15, 0.2) is 67.0 Å². The lowest BCUT2D eigenvalue weighted by atomic mass is 9.96. The summed E-state index contributed by atoms with van der Waals surface area (Å²) in [4.78, 5) is 35.7. The van der Waals surface area contributed by atoms with Crippen LogP contribution in [0.1, 0.15) is 52.4 Å². The van der Waals surface area contributed by atoms with Gasteiger partial charge in [-0.05, 0) is 52.8 Å². The molecule has 0 fully saturated rings. The number of pyridine rings is 1. The molecule has 0 saturated heterocycles. The van der Waals surface area contributed by atoms with E-state index in [4.69, 9.17) is 9.59 Å². The zero-order valence-corrected chi connectivity index (χ0v) is 17.9. The smallest absolute Gasteiger partial charge is 0.367 e. The predicted molar refractivity (Wildman–Crippen MR) is 119 cm³/mol. The van der Waals surface area contributed by atoms with Crippen molar-refractivity contribution in [2.45, 2.75) is 39.2 Å². The van der Waals surface area contributed by atoms with Crippen LogP contribution >= 0.6 is 0 Å². The third kappa shape index (κ3) is 5.74. The Morgan fingerprint density at radius 1 is 1.06 bits per heavy atom. The number of carbonyl (C=O) groups is 1. The molecule has 31 heavy (non-hydrogen) atoms. The van der Waals surface area contributed by atoms with Crippen LogP contribution in [0.4, 0.5) is 5.69 Å². The van der Waals surface area contributed by atoms with Gasteiger partial charge in [0.05, 0.1) is 0 Å². The molecular weight excluding hydrogens is 388 g/mol. The minimum absolute atomic E-state index is 0.168. The second-order valence-corrected chi connectivity index (χ2v) is 7.95. The van der Waals surface area contributed by atoms with E-state index < -0.39 is 0 Å². The van der Waals surface area contributed by atoms with Gasteiger partial charge in [-0.25, -0.2) is 0 Å². The molecule has 0 amide bonds. The van der Waals surface area contributed by atoms with E-state index >= 15 is 0 Å². The lowest BCUT2D eigenvalue weighted by molar-refractivity contribution is -0.191. The van der Waals surface area contributed by atoms with Crippen molar-refractivity contribution >= 4 is 17.6 Å². The highest BCUT2D eigenvalue weighted by Gasteiger charge is 2.17. The second kappa shape index (κ2) is 10.5. The number of Topliss-reactive ketones (excluding diaryl/α,β-unsaturated/α-hetero) is 1. The molecule has 158 valence electrons. The normalized spacial score (nSPS) is 12.4. The maximum absolute atomic E-state index is 12.9. The highest BCUT2D eigenvalue weighted by molar-refractivity contribution is 5.98. The lowest BCUT2D eigenvalue weighted by Gasteiger charge is -2.30. The number of anilines is 1. The first kappa shape index (κ1) is 22.1. The van der Waals surface area contributed by atoms with E-state index in [0.29, 0.717) is 12.3 Å². The zero-order valence-electron chi connectivity index (χ0n) is 17.9. The number of aromatic nitrogens is 1. The summed E-state index contributed by atoms with van der Waals surface area (Å²) in [7, 11) is 0. The number of carbonyl (C=O) groups excluding carboxylic acids is 3. The quantitative estimate of drug-likeness (QED) is 0.571. The molecule has 2 heterocycles. The molecule has 5 heteroatoms. The third-order valence-electron chi connectivity index (χ3n) is 5.53. The molecule has 0 atom stereocenters. The molecule has 0 unspecified atom stereocenters. The summed E-state index contributed by atoms with van der Waals surface area (Å²) >= 11 is 0. The number of fused-ring (bicyclic) bond motifs is 1. The number of benzene rings is 2. The van der Waals surface area contributed by atoms with Crippen LogP contribution in [-0.2, 0) is 29.0 Å². The van der Waals surface area contributed by atoms with E-state index in [1.165, 1.54) is 16.7 Å². The summed E-state index contributed by atoms with van der Waals surface area (Å²) in [5.41, 5.74) is 6.90. The Balaban J connectivity index is 0.000000858. The Kier molecular flexibility index (Phi) is 7.47. The minimum atomic E-state index is 0.168. The van der Waals surface area contributed by atoms with Crippen molar-refractivity contribution in [3.63, 3.8) is 0 Å². The van der Waals surface area contributed by atoms with Crippen molar-refractivity contribution < 1.29 is 14.4 Å². The van der Waals surface area contributed by atoms with Gasteiger partial charge >= 0.3 is 6.15 Å². The zero-order chi connectivity index (χ0) is 22.2. The Labute approximate surface area is 182 Å². The molecular formula is C26H26N2O3. The predicted octanol–water partition coefficient (Wildman–Crippen LogP) is 4.61. The summed E-state index contributed by atoms with van der Waals surface area (Å²) < 4.78 is 0. The molecule has 0 saturated carbocycles. The van der Waals surface area contributed by atoms with Crippen molar-refractivity contribution in [2.75, 3.05) is 11.4 Å². The van der Waals surface area contributed by atoms with Crippen LogP contribution < -0.4 is 4.90 Å². The fourth-order valence-corrected chi connectivity index (χ4v) is 3.83. The first-order chi connectivity index (χ1) is 15.0. The van der Waals surface area contributed by atoms with Crippen LogP contribution in [0.2, 0.25) is 0 Å². The van der Waals surface area contributed by atoms with Gasteiger partial charge in [-0.15, -0.1) is 0 Å². The molecule has 4 rings (SSSR count). The Morgan fingerprint density at radius 3 is 2.61 bits per heavy atom. The fraction of sp³-hybridized carbons (Fsp3) is 0.269. The van der Waals surface area contributed by atoms with E-state index in [0.717, 1.165) is 36.3 Å². The van der Waals surface area contributed by atoms with Gasteiger partial charge in [0.1, 0.15) is 0 Å². The van der Waals surface area contributed by atoms with Crippen molar-refractivity contribution in [1.82, 2.24) is 4.98 Å². The fourth-order valence-electron chi connectivity index (χ4n) is 3.83. The van der Waals surface area contributed by atoms with Crippen molar-refractivity contribution in [3.05, 3.63) is 94.8 Å². The van der Waals surface area contributed by atoms with Gasteiger partial charge in [-0.1, -0.05) is 50.2 Å². The molecule has 1 aliphatic rings. The van der Waals surface area contributed by atoms with Crippen molar-refractivity contribution in [3.8, 4) is 0 Å². The number of hydrogen-bond acceptors (Lipinski definition) is 5. The molecule has 0 N–H and O–H groups in total. The van der Waals surface area contributed by atoms with E-state index in [1.807, 2.05) is 42.7 Å². The Bertz CT molecular complexity index is 1090. The number of rotatable bonds is 5. The summed E-state index contributed by atoms with van der Waals surface area (Å²) in [5.74, 6) is 0.636. The topological polar surface area (TPSA) is 67.3 Å². The number of nitrogens with zero attached hydrogens (tertiary/aromatic N) is 2. The van der Waals surface area contributed by atoms with Crippen LogP contribution in [0.3, 0.4) is 0 Å². The van der Waals surface area contributed by atoms with Gasteiger partial charge in [0.2, 0.25) is 0 Å². The average molecular weight is 415 g/mol. The van der Waals surface area contributed by atoms with Gasteiger partial charge in [0, 0.05) is 43.2 Å². The average Bonchev–Trinajstić information content (AvgIpc) is 2.79. The maximum atomic E-state index is 12.9. The molecule has 2 aromatic carbocycles. The summed E-state index contributed by atoms with van der Waals surface area (Å²) in [6.07, 6.45) is 5.52. The minimum Gasteiger partial charge on any atom is -0.367 e. The molecule has 0 bridgehead atoms. The molecule has 3 aromatic rings. The number of hydrogen-bond donors (Lipinski definition) is 0. The largest absolute Gasteiger partial charge is 0.373 e. The molecule has 1 aromatic heterocycles. The Hall–Kier alpha value is -3.56. The molecule has 0 aliphatic carbocycles.